The van der Waals surface area contributed by atoms with E-state index in [1.54, 1.807) is 30.8 Å². The lowest BCUT2D eigenvalue weighted by atomic mass is 10.2. The molecule has 0 aliphatic heterocycles. The molecule has 1 aromatic rings. The van der Waals surface area contributed by atoms with Crippen LogP contribution in [0.1, 0.15) is 18.1 Å². The number of nitrogens with zero attached hydrogens (tertiary/aromatic N) is 1. The first-order chi connectivity index (χ1) is 8.40. The zero-order chi connectivity index (χ0) is 13.8. The molecule has 4 nitrogen and oxygen atoms in total. The van der Waals surface area contributed by atoms with Crippen molar-refractivity contribution in [3.8, 4) is 6.07 Å². The van der Waals surface area contributed by atoms with Gasteiger partial charge in [-0.2, -0.15) is 17.0 Å². The molecule has 0 aliphatic rings. The minimum Gasteiger partial charge on any atom is -0.210 e. The number of hydrogen-bond acceptors (Lipinski definition) is 4. The molecule has 18 heavy (non-hydrogen) atoms. The van der Waals surface area contributed by atoms with E-state index in [-0.39, 0.29) is 10.1 Å². The normalized spacial score (nSPS) is 13.0. The fourth-order valence-corrected chi connectivity index (χ4v) is 3.10. The van der Waals surface area contributed by atoms with Crippen LogP contribution in [0.5, 0.6) is 0 Å². The van der Waals surface area contributed by atoms with Gasteiger partial charge in [0.05, 0.1) is 16.5 Å². The summed E-state index contributed by atoms with van der Waals surface area (Å²) < 4.78 is 26.8. The van der Waals surface area contributed by atoms with Crippen LogP contribution in [-0.4, -0.2) is 26.5 Å². The lowest BCUT2D eigenvalue weighted by Gasteiger charge is -2.12. The van der Waals surface area contributed by atoms with Crippen molar-refractivity contribution in [2.24, 2.45) is 0 Å². The molecule has 1 aromatic carbocycles. The third-order valence-electron chi connectivity index (χ3n) is 2.57. The number of aryl methyl sites for hydroxylation is 1. The Kier molecular flexibility index (Phi) is 5.20. The highest BCUT2D eigenvalue weighted by Crippen LogP contribution is 2.17. The Morgan fingerprint density at radius 2 is 2.17 bits per heavy atom. The highest BCUT2D eigenvalue weighted by molar-refractivity contribution is 7.99. The third kappa shape index (κ3) is 3.73. The molecule has 1 rings (SSSR count). The van der Waals surface area contributed by atoms with Crippen molar-refractivity contribution in [1.82, 2.24) is 4.72 Å². The third-order valence-corrected chi connectivity index (χ3v) is 5.11. The minimum atomic E-state index is -3.54. The average molecular weight is 284 g/mol. The van der Waals surface area contributed by atoms with Gasteiger partial charge in [0.25, 0.3) is 0 Å². The van der Waals surface area contributed by atoms with Crippen LogP contribution in [0.4, 0.5) is 0 Å². The SMILES string of the molecule is CSC(C)CNS(=O)(=O)c1cc(C#N)ccc1C. The van der Waals surface area contributed by atoms with Gasteiger partial charge in [-0.15, -0.1) is 0 Å². The van der Waals surface area contributed by atoms with Crippen molar-refractivity contribution in [2.45, 2.75) is 24.0 Å². The summed E-state index contributed by atoms with van der Waals surface area (Å²) in [6.07, 6.45) is 1.93. The molecule has 0 aliphatic carbocycles. The van der Waals surface area contributed by atoms with E-state index in [2.05, 4.69) is 4.72 Å². The Hall–Kier alpha value is -1.03. The Labute approximate surface area is 112 Å². The molecule has 98 valence electrons. The summed E-state index contributed by atoms with van der Waals surface area (Å²) in [6.45, 7) is 4.04. The summed E-state index contributed by atoms with van der Waals surface area (Å²) in [4.78, 5) is 0.176. The second-order valence-electron chi connectivity index (χ2n) is 3.99. The monoisotopic (exact) mass is 284 g/mol. The maximum atomic E-state index is 12.1. The Balaban J connectivity index is 3.02. The molecule has 0 saturated carbocycles. The van der Waals surface area contributed by atoms with Crippen LogP contribution in [0.15, 0.2) is 23.1 Å². The summed E-state index contributed by atoms with van der Waals surface area (Å²) in [7, 11) is -3.54. The fraction of sp³-hybridized carbons (Fsp3) is 0.417. The smallest absolute Gasteiger partial charge is 0.210 e. The number of thioether (sulfide) groups is 1. The molecule has 0 aromatic heterocycles. The largest absolute Gasteiger partial charge is 0.240 e. The summed E-state index contributed by atoms with van der Waals surface area (Å²) in [5.41, 5.74) is 0.984. The van der Waals surface area contributed by atoms with Crippen LogP contribution in [0, 0.1) is 18.3 Å². The molecule has 0 heterocycles. The van der Waals surface area contributed by atoms with E-state index in [1.807, 2.05) is 19.2 Å². The Morgan fingerprint density at radius 3 is 2.72 bits per heavy atom. The Morgan fingerprint density at radius 1 is 1.50 bits per heavy atom. The number of nitriles is 1. The van der Waals surface area contributed by atoms with Crippen LogP contribution >= 0.6 is 11.8 Å². The first kappa shape index (κ1) is 15.0. The molecule has 0 spiro atoms. The molecule has 1 N–H and O–H groups in total. The maximum absolute atomic E-state index is 12.1. The molecule has 0 bridgehead atoms. The van der Waals surface area contributed by atoms with Crippen LogP contribution in [0.3, 0.4) is 0 Å². The topological polar surface area (TPSA) is 70.0 Å². The van der Waals surface area contributed by atoms with Crippen molar-refractivity contribution in [3.05, 3.63) is 29.3 Å². The maximum Gasteiger partial charge on any atom is 0.240 e. The van der Waals surface area contributed by atoms with E-state index < -0.39 is 10.0 Å². The van der Waals surface area contributed by atoms with E-state index in [0.29, 0.717) is 17.7 Å². The minimum absolute atomic E-state index is 0.176. The highest BCUT2D eigenvalue weighted by Gasteiger charge is 2.17. The van der Waals surface area contributed by atoms with E-state index in [0.717, 1.165) is 0 Å². The van der Waals surface area contributed by atoms with Gasteiger partial charge in [-0.1, -0.05) is 13.0 Å². The van der Waals surface area contributed by atoms with E-state index >= 15 is 0 Å². The van der Waals surface area contributed by atoms with E-state index in [9.17, 15) is 8.42 Å². The average Bonchev–Trinajstić information content (AvgIpc) is 2.36. The zero-order valence-electron chi connectivity index (χ0n) is 10.6. The van der Waals surface area contributed by atoms with Gasteiger partial charge >= 0.3 is 0 Å². The van der Waals surface area contributed by atoms with Gasteiger partial charge in [0, 0.05) is 11.8 Å². The van der Waals surface area contributed by atoms with Crippen LogP contribution in [0.2, 0.25) is 0 Å². The zero-order valence-corrected chi connectivity index (χ0v) is 12.2. The second-order valence-corrected chi connectivity index (χ2v) is 7.00. The number of nitrogens with one attached hydrogen (secondary N) is 1. The van der Waals surface area contributed by atoms with Gasteiger partial charge in [0.2, 0.25) is 10.0 Å². The molecule has 0 radical (unpaired) electrons. The van der Waals surface area contributed by atoms with Crippen molar-refractivity contribution < 1.29 is 8.42 Å². The predicted molar refractivity (Wildman–Crippen MR) is 74.1 cm³/mol. The Bertz CT molecular complexity index is 562. The molecule has 0 fully saturated rings. The van der Waals surface area contributed by atoms with Crippen LogP contribution in [-0.2, 0) is 10.0 Å². The molecule has 6 heteroatoms. The van der Waals surface area contributed by atoms with Crippen molar-refractivity contribution in [1.29, 1.82) is 5.26 Å². The quantitative estimate of drug-likeness (QED) is 0.896. The lowest BCUT2D eigenvalue weighted by molar-refractivity contribution is 0.581. The molecule has 1 unspecified atom stereocenters. The van der Waals surface area contributed by atoms with Gasteiger partial charge in [-0.05, 0) is 30.9 Å². The summed E-state index contributed by atoms with van der Waals surface area (Å²) >= 11 is 1.59. The van der Waals surface area contributed by atoms with Gasteiger partial charge in [-0.3, -0.25) is 0 Å². The first-order valence-electron chi connectivity index (χ1n) is 5.44. The van der Waals surface area contributed by atoms with Gasteiger partial charge < -0.3 is 0 Å². The second kappa shape index (κ2) is 6.23. The number of benzene rings is 1. The van der Waals surface area contributed by atoms with Gasteiger partial charge in [0.1, 0.15) is 0 Å². The molecular formula is C12H16N2O2S2. The number of rotatable bonds is 5. The summed E-state index contributed by atoms with van der Waals surface area (Å²) in [6, 6.07) is 6.60. The number of hydrogen-bond donors (Lipinski definition) is 1. The first-order valence-corrected chi connectivity index (χ1v) is 8.21. The molecule has 0 saturated heterocycles. The summed E-state index contributed by atoms with van der Waals surface area (Å²) in [5.74, 6) is 0. The standard InChI is InChI=1S/C12H16N2O2S2/c1-9-4-5-11(7-13)6-12(9)18(15,16)14-8-10(2)17-3/h4-6,10,14H,8H2,1-3H3. The highest BCUT2D eigenvalue weighted by atomic mass is 32.2. The van der Waals surface area contributed by atoms with Gasteiger partial charge in [0.15, 0.2) is 0 Å². The predicted octanol–water partition coefficient (Wildman–Crippen LogP) is 1.90. The van der Waals surface area contributed by atoms with Gasteiger partial charge in [-0.25, -0.2) is 13.1 Å². The van der Waals surface area contributed by atoms with Crippen molar-refractivity contribution in [3.63, 3.8) is 0 Å². The van der Waals surface area contributed by atoms with Crippen LogP contribution < -0.4 is 4.72 Å². The molecule has 0 amide bonds. The number of sulfonamides is 1. The lowest BCUT2D eigenvalue weighted by Crippen LogP contribution is -2.30. The van der Waals surface area contributed by atoms with Crippen molar-refractivity contribution in [2.75, 3.05) is 12.8 Å². The fourth-order valence-electron chi connectivity index (χ4n) is 1.35. The van der Waals surface area contributed by atoms with E-state index in [1.165, 1.54) is 6.07 Å². The van der Waals surface area contributed by atoms with Crippen molar-refractivity contribution >= 4 is 21.8 Å². The van der Waals surface area contributed by atoms with E-state index in [4.69, 9.17) is 5.26 Å². The molecular weight excluding hydrogens is 268 g/mol. The van der Waals surface area contributed by atoms with Crippen LogP contribution in [0.25, 0.3) is 0 Å². The molecule has 1 atom stereocenters. The summed E-state index contributed by atoms with van der Waals surface area (Å²) in [5, 5.41) is 9.01.